The number of fused-ring (bicyclic) bond motifs is 1. The number of piperidine rings is 2. The molecule has 1 atom stereocenters. The summed E-state index contributed by atoms with van der Waals surface area (Å²) in [5, 5.41) is 0.583. The van der Waals surface area contributed by atoms with E-state index in [2.05, 4.69) is 11.8 Å². The van der Waals surface area contributed by atoms with Crippen LogP contribution in [0.1, 0.15) is 38.6 Å². The molecule has 2 aliphatic heterocycles. The number of nitrogens with zero attached hydrogens (tertiary/aromatic N) is 3. The number of halogens is 1. The van der Waals surface area contributed by atoms with Crippen molar-refractivity contribution in [3.63, 3.8) is 0 Å². The summed E-state index contributed by atoms with van der Waals surface area (Å²) in [5.74, 6) is 0.562. The fraction of sp³-hybridized carbons (Fsp3) is 0.600. The van der Waals surface area contributed by atoms with Crippen molar-refractivity contribution in [3.05, 3.63) is 33.8 Å². The van der Waals surface area contributed by atoms with Gasteiger partial charge in [-0.15, -0.1) is 0 Å². The summed E-state index contributed by atoms with van der Waals surface area (Å²) in [6.07, 6.45) is 4.03. The van der Waals surface area contributed by atoms with E-state index in [0.29, 0.717) is 29.6 Å². The van der Waals surface area contributed by atoms with Gasteiger partial charge in [-0.2, -0.15) is 0 Å². The van der Waals surface area contributed by atoms with Crippen molar-refractivity contribution in [1.82, 2.24) is 14.4 Å². The lowest BCUT2D eigenvalue weighted by Crippen LogP contribution is -2.47. The van der Waals surface area contributed by atoms with Crippen molar-refractivity contribution >= 4 is 28.6 Å². The Morgan fingerprint density at radius 1 is 1.22 bits per heavy atom. The van der Waals surface area contributed by atoms with E-state index in [1.165, 1.54) is 0 Å². The Hall–Kier alpha value is -1.79. The monoisotopic (exact) mass is 391 g/mol. The molecule has 4 rings (SSSR count). The molecule has 0 saturated carbocycles. The van der Waals surface area contributed by atoms with Crippen LogP contribution in [0.4, 0.5) is 0 Å². The lowest BCUT2D eigenvalue weighted by Gasteiger charge is -2.35. The third kappa shape index (κ3) is 3.92. The van der Waals surface area contributed by atoms with Crippen LogP contribution in [0.25, 0.3) is 11.1 Å². The first-order chi connectivity index (χ1) is 13.0. The third-order valence-corrected chi connectivity index (χ3v) is 6.15. The number of carbonyl (C=O) groups is 1. The average Bonchev–Trinajstić information content (AvgIpc) is 2.97. The summed E-state index contributed by atoms with van der Waals surface area (Å²) >= 11 is 6.11. The fourth-order valence-electron chi connectivity index (χ4n) is 4.29. The standard InChI is InChI=1S/C20H26ClN3O3/c1-14-6-9-23(10-7-14)19(25)13-22-8-2-3-16(12-22)24-17-11-15(21)4-5-18(17)27-20(24)26/h4-5,11,14,16H,2-3,6-10,12-13H2,1H3. The van der Waals surface area contributed by atoms with Gasteiger partial charge in [0.15, 0.2) is 5.58 Å². The van der Waals surface area contributed by atoms with E-state index in [0.717, 1.165) is 50.8 Å². The van der Waals surface area contributed by atoms with E-state index in [-0.39, 0.29) is 17.7 Å². The van der Waals surface area contributed by atoms with Crippen LogP contribution in [0.15, 0.2) is 27.4 Å². The van der Waals surface area contributed by atoms with Crippen LogP contribution in [0.3, 0.4) is 0 Å². The van der Waals surface area contributed by atoms with Gasteiger partial charge in [0.05, 0.1) is 18.1 Å². The second-order valence-electron chi connectivity index (χ2n) is 7.94. The Morgan fingerprint density at radius 2 is 2.00 bits per heavy atom. The highest BCUT2D eigenvalue weighted by molar-refractivity contribution is 6.31. The van der Waals surface area contributed by atoms with Crippen LogP contribution in [-0.4, -0.2) is 53.0 Å². The summed E-state index contributed by atoms with van der Waals surface area (Å²) in [6.45, 7) is 5.96. The SMILES string of the molecule is CC1CCN(C(=O)CN2CCCC(n3c(=O)oc4ccc(Cl)cc43)C2)CC1. The molecule has 146 valence electrons. The summed E-state index contributed by atoms with van der Waals surface area (Å²) in [5.41, 5.74) is 1.29. The number of aromatic nitrogens is 1. The topological polar surface area (TPSA) is 58.7 Å². The fourth-order valence-corrected chi connectivity index (χ4v) is 4.45. The normalized spacial score (nSPS) is 22.4. The summed E-state index contributed by atoms with van der Waals surface area (Å²) in [4.78, 5) is 29.2. The average molecular weight is 392 g/mol. The Morgan fingerprint density at radius 3 is 2.78 bits per heavy atom. The molecule has 1 amide bonds. The lowest BCUT2D eigenvalue weighted by molar-refractivity contribution is -0.134. The van der Waals surface area contributed by atoms with Crippen molar-refractivity contribution in [2.45, 2.75) is 38.6 Å². The first-order valence-corrected chi connectivity index (χ1v) is 10.2. The Kier molecular flexibility index (Phi) is 5.28. The highest BCUT2D eigenvalue weighted by atomic mass is 35.5. The van der Waals surface area contributed by atoms with E-state index < -0.39 is 0 Å². The van der Waals surface area contributed by atoms with E-state index in [1.54, 1.807) is 22.8 Å². The van der Waals surface area contributed by atoms with Gasteiger partial charge in [0.2, 0.25) is 5.91 Å². The van der Waals surface area contributed by atoms with Gasteiger partial charge in [-0.05, 0) is 56.3 Å². The number of carbonyl (C=O) groups excluding carboxylic acids is 1. The van der Waals surface area contributed by atoms with Crippen molar-refractivity contribution in [3.8, 4) is 0 Å². The van der Waals surface area contributed by atoms with E-state index in [4.69, 9.17) is 16.0 Å². The molecule has 0 radical (unpaired) electrons. The maximum atomic E-state index is 12.7. The van der Waals surface area contributed by atoms with Gasteiger partial charge in [0.1, 0.15) is 0 Å². The summed E-state index contributed by atoms with van der Waals surface area (Å²) < 4.78 is 7.09. The summed E-state index contributed by atoms with van der Waals surface area (Å²) in [7, 11) is 0. The van der Waals surface area contributed by atoms with E-state index >= 15 is 0 Å². The van der Waals surface area contributed by atoms with Crippen molar-refractivity contribution < 1.29 is 9.21 Å². The van der Waals surface area contributed by atoms with Crippen LogP contribution in [0.2, 0.25) is 5.02 Å². The number of hydrogen-bond acceptors (Lipinski definition) is 4. The van der Waals surface area contributed by atoms with E-state index in [9.17, 15) is 9.59 Å². The Balaban J connectivity index is 1.47. The lowest BCUT2D eigenvalue weighted by atomic mass is 9.99. The molecule has 0 bridgehead atoms. The Bertz CT molecular complexity index is 882. The molecule has 2 aromatic rings. The van der Waals surface area contributed by atoms with Gasteiger partial charge in [-0.3, -0.25) is 14.3 Å². The van der Waals surface area contributed by atoms with Gasteiger partial charge in [0.25, 0.3) is 0 Å². The largest absolute Gasteiger partial charge is 0.420 e. The van der Waals surface area contributed by atoms with Crippen LogP contribution in [0.5, 0.6) is 0 Å². The molecule has 2 saturated heterocycles. The van der Waals surface area contributed by atoms with Gasteiger partial charge < -0.3 is 9.32 Å². The smallest absolute Gasteiger partial charge is 0.408 e. The number of benzene rings is 1. The molecule has 6 nitrogen and oxygen atoms in total. The zero-order chi connectivity index (χ0) is 19.0. The number of amides is 1. The zero-order valence-corrected chi connectivity index (χ0v) is 16.5. The first-order valence-electron chi connectivity index (χ1n) is 9.82. The molecule has 2 aliphatic rings. The minimum atomic E-state index is -0.351. The van der Waals surface area contributed by atoms with E-state index in [1.807, 2.05) is 4.90 Å². The number of hydrogen-bond donors (Lipinski definition) is 0. The molecular weight excluding hydrogens is 366 g/mol. The van der Waals surface area contributed by atoms with Gasteiger partial charge in [0, 0.05) is 24.7 Å². The minimum Gasteiger partial charge on any atom is -0.408 e. The quantitative estimate of drug-likeness (QED) is 0.806. The molecule has 1 aromatic heterocycles. The third-order valence-electron chi connectivity index (χ3n) is 5.92. The molecule has 2 fully saturated rings. The molecule has 1 unspecified atom stereocenters. The number of oxazole rings is 1. The van der Waals surface area contributed by atoms with Gasteiger partial charge in [-0.25, -0.2) is 4.79 Å². The minimum absolute atomic E-state index is 0.000134. The van der Waals surface area contributed by atoms with Crippen molar-refractivity contribution in [2.24, 2.45) is 5.92 Å². The number of likely N-dealkylation sites (tertiary alicyclic amines) is 2. The first kappa shape index (κ1) is 18.6. The van der Waals surface area contributed by atoms with Crippen molar-refractivity contribution in [2.75, 3.05) is 32.7 Å². The molecule has 0 spiro atoms. The predicted octanol–water partition coefficient (Wildman–Crippen LogP) is 3.14. The van der Waals surface area contributed by atoms with Crippen LogP contribution >= 0.6 is 11.6 Å². The van der Waals surface area contributed by atoms with Crippen LogP contribution < -0.4 is 5.76 Å². The molecule has 0 N–H and O–H groups in total. The zero-order valence-electron chi connectivity index (χ0n) is 15.7. The van der Waals surface area contributed by atoms with Gasteiger partial charge >= 0.3 is 5.76 Å². The highest BCUT2D eigenvalue weighted by Crippen LogP contribution is 2.27. The molecule has 3 heterocycles. The molecule has 0 aliphatic carbocycles. The van der Waals surface area contributed by atoms with Gasteiger partial charge in [-0.1, -0.05) is 18.5 Å². The maximum Gasteiger partial charge on any atom is 0.420 e. The highest BCUT2D eigenvalue weighted by Gasteiger charge is 2.28. The Labute approximate surface area is 163 Å². The van der Waals surface area contributed by atoms with Crippen molar-refractivity contribution in [1.29, 1.82) is 0 Å². The second-order valence-corrected chi connectivity index (χ2v) is 8.38. The second kappa shape index (κ2) is 7.68. The molecule has 7 heteroatoms. The van der Waals surface area contributed by atoms with Crippen LogP contribution in [0, 0.1) is 5.92 Å². The molecular formula is C20H26ClN3O3. The number of rotatable bonds is 3. The summed E-state index contributed by atoms with van der Waals surface area (Å²) in [6, 6.07) is 5.24. The van der Waals surface area contributed by atoms with Crippen LogP contribution in [-0.2, 0) is 4.79 Å². The maximum absolute atomic E-state index is 12.7. The molecule has 27 heavy (non-hydrogen) atoms. The predicted molar refractivity (Wildman–Crippen MR) is 105 cm³/mol. The molecule has 1 aromatic carbocycles.